The molecule has 150 valence electrons. The van der Waals surface area contributed by atoms with Crippen LogP contribution in [0, 0.1) is 0 Å². The van der Waals surface area contributed by atoms with Gasteiger partial charge in [-0.2, -0.15) is 0 Å². The molecule has 7 heteroatoms. The summed E-state index contributed by atoms with van der Waals surface area (Å²) >= 11 is 0. The highest BCUT2D eigenvalue weighted by Gasteiger charge is 2.22. The standard InChI is InChI=1S/C22H24N4O3/c1-29-19-9-7-18(8-10-19)26-21(27)15-20(23-22(26)28)25-13-11-24(12-14-25)16-17-5-3-2-4-6-17/h2-10,15H,11-14,16H2,1H3,(H,23,28)/p+1. The summed E-state index contributed by atoms with van der Waals surface area (Å²) in [7, 11) is 1.57. The molecule has 0 saturated carbocycles. The summed E-state index contributed by atoms with van der Waals surface area (Å²) in [5.41, 5.74) is 1.07. The molecule has 1 saturated heterocycles. The lowest BCUT2D eigenvalue weighted by atomic mass is 10.2. The number of quaternary nitrogens is 1. The number of aromatic amines is 1. The van der Waals surface area contributed by atoms with Gasteiger partial charge in [-0.25, -0.2) is 9.36 Å². The van der Waals surface area contributed by atoms with E-state index in [2.05, 4.69) is 34.1 Å². The Labute approximate surface area is 168 Å². The molecule has 7 nitrogen and oxygen atoms in total. The highest BCUT2D eigenvalue weighted by molar-refractivity contribution is 5.41. The lowest BCUT2D eigenvalue weighted by molar-refractivity contribution is -0.914. The Bertz CT molecular complexity index is 1030. The van der Waals surface area contributed by atoms with Crippen LogP contribution in [0.25, 0.3) is 5.69 Å². The maximum absolute atomic E-state index is 12.6. The predicted molar refractivity (Wildman–Crippen MR) is 112 cm³/mol. The molecule has 29 heavy (non-hydrogen) atoms. The summed E-state index contributed by atoms with van der Waals surface area (Å²) in [6, 6.07) is 18.8. The zero-order valence-electron chi connectivity index (χ0n) is 16.4. The number of methoxy groups -OCH3 is 1. The molecule has 3 aromatic rings. The first-order valence-electron chi connectivity index (χ1n) is 9.77. The van der Waals surface area contributed by atoms with Gasteiger partial charge in [-0.1, -0.05) is 30.3 Å². The number of H-pyrrole nitrogens is 1. The number of aromatic nitrogens is 2. The fraction of sp³-hybridized carbons (Fsp3) is 0.273. The molecule has 1 fully saturated rings. The van der Waals surface area contributed by atoms with E-state index in [4.69, 9.17) is 4.74 Å². The number of hydrogen-bond acceptors (Lipinski definition) is 4. The fourth-order valence-electron chi connectivity index (χ4n) is 3.75. The van der Waals surface area contributed by atoms with Gasteiger partial charge in [-0.15, -0.1) is 0 Å². The van der Waals surface area contributed by atoms with Crippen molar-refractivity contribution in [3.8, 4) is 11.4 Å². The van der Waals surface area contributed by atoms with Crippen LogP contribution in [-0.2, 0) is 6.54 Å². The zero-order valence-corrected chi connectivity index (χ0v) is 16.4. The van der Waals surface area contributed by atoms with Crippen LogP contribution in [0.5, 0.6) is 5.75 Å². The molecule has 2 aromatic carbocycles. The van der Waals surface area contributed by atoms with E-state index in [-0.39, 0.29) is 5.56 Å². The lowest BCUT2D eigenvalue weighted by Crippen LogP contribution is -3.13. The molecule has 0 bridgehead atoms. The third-order valence-corrected chi connectivity index (χ3v) is 5.36. The Morgan fingerprint density at radius 2 is 1.69 bits per heavy atom. The van der Waals surface area contributed by atoms with Gasteiger partial charge in [0.05, 0.1) is 39.0 Å². The molecule has 4 rings (SSSR count). The SMILES string of the molecule is COc1ccc(-n2c(=O)cc(N3CC[NH+](Cc4ccccc4)CC3)[nH]c2=O)cc1. The molecule has 0 radical (unpaired) electrons. The molecule has 2 N–H and O–H groups in total. The van der Waals surface area contributed by atoms with E-state index in [1.807, 2.05) is 6.07 Å². The first-order valence-corrected chi connectivity index (χ1v) is 9.77. The number of ether oxygens (including phenoxy) is 1. The van der Waals surface area contributed by atoms with E-state index < -0.39 is 5.69 Å². The Balaban J connectivity index is 1.47. The lowest BCUT2D eigenvalue weighted by Gasteiger charge is -2.33. The molecule has 1 aliphatic heterocycles. The summed E-state index contributed by atoms with van der Waals surface area (Å²) in [5.74, 6) is 1.26. The molecule has 1 aromatic heterocycles. The maximum Gasteiger partial charge on any atom is 0.334 e. The van der Waals surface area contributed by atoms with Crippen molar-refractivity contribution in [2.75, 3.05) is 38.2 Å². The molecule has 0 unspecified atom stereocenters. The van der Waals surface area contributed by atoms with Crippen LogP contribution < -0.4 is 25.8 Å². The average molecular weight is 393 g/mol. The number of nitrogens with one attached hydrogen (secondary N) is 2. The van der Waals surface area contributed by atoms with E-state index in [0.29, 0.717) is 17.3 Å². The second-order valence-electron chi connectivity index (χ2n) is 7.23. The molecular weight excluding hydrogens is 368 g/mol. The van der Waals surface area contributed by atoms with E-state index in [1.54, 1.807) is 31.4 Å². The molecule has 0 amide bonds. The van der Waals surface area contributed by atoms with Crippen molar-refractivity contribution in [2.24, 2.45) is 0 Å². The van der Waals surface area contributed by atoms with Crippen molar-refractivity contribution in [1.29, 1.82) is 0 Å². The van der Waals surface area contributed by atoms with Gasteiger partial charge >= 0.3 is 5.69 Å². The van der Waals surface area contributed by atoms with Gasteiger partial charge in [0, 0.05) is 11.6 Å². The van der Waals surface area contributed by atoms with E-state index >= 15 is 0 Å². The Hall–Kier alpha value is -3.32. The second-order valence-corrected chi connectivity index (χ2v) is 7.23. The van der Waals surface area contributed by atoms with Crippen LogP contribution in [0.2, 0.25) is 0 Å². The van der Waals surface area contributed by atoms with Crippen LogP contribution in [-0.4, -0.2) is 42.8 Å². The van der Waals surface area contributed by atoms with E-state index in [9.17, 15) is 9.59 Å². The summed E-state index contributed by atoms with van der Waals surface area (Å²) in [4.78, 5) is 31.7. The summed E-state index contributed by atoms with van der Waals surface area (Å²) in [5, 5.41) is 0. The number of nitrogens with zero attached hydrogens (tertiary/aromatic N) is 2. The largest absolute Gasteiger partial charge is 0.497 e. The van der Waals surface area contributed by atoms with Gasteiger partial charge in [-0.3, -0.25) is 9.78 Å². The average Bonchev–Trinajstić information content (AvgIpc) is 2.75. The van der Waals surface area contributed by atoms with Crippen LogP contribution in [0.4, 0.5) is 5.82 Å². The highest BCUT2D eigenvalue weighted by atomic mass is 16.5. The molecule has 0 aliphatic carbocycles. The minimum atomic E-state index is -0.434. The maximum atomic E-state index is 12.6. The number of benzene rings is 2. The van der Waals surface area contributed by atoms with Crippen molar-refractivity contribution >= 4 is 5.82 Å². The van der Waals surface area contributed by atoms with Gasteiger partial charge in [0.15, 0.2) is 0 Å². The van der Waals surface area contributed by atoms with Crippen molar-refractivity contribution in [3.05, 3.63) is 87.1 Å². The quantitative estimate of drug-likeness (QED) is 0.660. The van der Waals surface area contributed by atoms with Crippen molar-refractivity contribution in [2.45, 2.75) is 6.54 Å². The molecule has 2 heterocycles. The Morgan fingerprint density at radius 1 is 1.00 bits per heavy atom. The summed E-state index contributed by atoms with van der Waals surface area (Å²) in [6.45, 7) is 4.50. The van der Waals surface area contributed by atoms with Crippen LogP contribution >= 0.6 is 0 Å². The summed E-state index contributed by atoms with van der Waals surface area (Å²) < 4.78 is 6.27. The number of anilines is 1. The minimum Gasteiger partial charge on any atom is -0.497 e. The predicted octanol–water partition coefficient (Wildman–Crippen LogP) is 0.440. The molecule has 0 atom stereocenters. The van der Waals surface area contributed by atoms with Crippen molar-refractivity contribution in [3.63, 3.8) is 0 Å². The van der Waals surface area contributed by atoms with Gasteiger partial charge in [-0.05, 0) is 24.3 Å². The summed E-state index contributed by atoms with van der Waals surface area (Å²) in [6.07, 6.45) is 0. The smallest absolute Gasteiger partial charge is 0.334 e. The topological polar surface area (TPSA) is 71.8 Å². The van der Waals surface area contributed by atoms with E-state index in [1.165, 1.54) is 16.5 Å². The number of piperazine rings is 1. The fourth-order valence-corrected chi connectivity index (χ4v) is 3.75. The third kappa shape index (κ3) is 4.25. The minimum absolute atomic E-state index is 0.340. The van der Waals surface area contributed by atoms with Gasteiger partial charge in [0.1, 0.15) is 18.1 Å². The third-order valence-electron chi connectivity index (χ3n) is 5.36. The highest BCUT2D eigenvalue weighted by Crippen LogP contribution is 2.13. The van der Waals surface area contributed by atoms with Gasteiger partial charge < -0.3 is 14.5 Å². The van der Waals surface area contributed by atoms with Crippen LogP contribution in [0.1, 0.15) is 5.56 Å². The van der Waals surface area contributed by atoms with Crippen molar-refractivity contribution < 1.29 is 9.64 Å². The first kappa shape index (κ1) is 19.0. The Morgan fingerprint density at radius 3 is 2.31 bits per heavy atom. The van der Waals surface area contributed by atoms with Gasteiger partial charge in [0.2, 0.25) is 0 Å². The van der Waals surface area contributed by atoms with Crippen LogP contribution in [0.3, 0.4) is 0 Å². The number of rotatable bonds is 5. The first-order chi connectivity index (χ1) is 14.1. The zero-order chi connectivity index (χ0) is 20.2. The van der Waals surface area contributed by atoms with Crippen molar-refractivity contribution in [1.82, 2.24) is 9.55 Å². The molecule has 1 aliphatic rings. The van der Waals surface area contributed by atoms with Crippen LogP contribution in [0.15, 0.2) is 70.3 Å². The molecule has 0 spiro atoms. The number of hydrogen-bond donors (Lipinski definition) is 2. The normalized spacial score (nSPS) is 14.7. The van der Waals surface area contributed by atoms with E-state index in [0.717, 1.165) is 37.3 Å². The second kappa shape index (κ2) is 8.36. The monoisotopic (exact) mass is 393 g/mol. The van der Waals surface area contributed by atoms with Gasteiger partial charge in [0.25, 0.3) is 5.56 Å². The molecular formula is C22H25N4O3+. The Kier molecular flexibility index (Phi) is 5.48.